The van der Waals surface area contributed by atoms with E-state index in [0.29, 0.717) is 5.92 Å². The first-order chi connectivity index (χ1) is 13.9. The van der Waals surface area contributed by atoms with E-state index in [1.54, 1.807) is 6.33 Å². The van der Waals surface area contributed by atoms with E-state index in [0.717, 1.165) is 51.0 Å². The minimum Gasteiger partial charge on any atom is -0.389 e. The maximum atomic E-state index is 10.4. The molecule has 4 aromatic rings. The minimum absolute atomic E-state index is 0.495. The number of hydrogen-bond acceptors (Lipinski definition) is 4. The second-order valence-corrected chi connectivity index (χ2v) is 8.00. The van der Waals surface area contributed by atoms with Gasteiger partial charge < -0.3 is 5.11 Å². The van der Waals surface area contributed by atoms with Gasteiger partial charge in [-0.25, -0.2) is 9.97 Å². The Kier molecular flexibility index (Phi) is 5.16. The van der Waals surface area contributed by atoms with Crippen molar-refractivity contribution in [3.05, 3.63) is 66.1 Å². The van der Waals surface area contributed by atoms with Gasteiger partial charge in [-0.1, -0.05) is 44.2 Å². The SMILES string of the molecule is CC(C)Cc1cc2ncnc(-c3cn(C)nc3-c3ccccc3)c2cc1[C@H](C)O. The van der Waals surface area contributed by atoms with Crippen LogP contribution in [0.4, 0.5) is 0 Å². The van der Waals surface area contributed by atoms with Crippen molar-refractivity contribution < 1.29 is 5.11 Å². The highest BCUT2D eigenvalue weighted by Crippen LogP contribution is 2.35. The second-order valence-electron chi connectivity index (χ2n) is 8.00. The number of aliphatic hydroxyl groups excluding tert-OH is 1. The first kappa shape index (κ1) is 19.3. The number of hydrogen-bond donors (Lipinski definition) is 1. The Hall–Kier alpha value is -3.05. The van der Waals surface area contributed by atoms with Crippen molar-refractivity contribution in [2.45, 2.75) is 33.3 Å². The summed E-state index contributed by atoms with van der Waals surface area (Å²) in [5, 5.41) is 16.0. The maximum absolute atomic E-state index is 10.4. The summed E-state index contributed by atoms with van der Waals surface area (Å²) in [7, 11) is 1.92. The largest absolute Gasteiger partial charge is 0.389 e. The van der Waals surface area contributed by atoms with E-state index in [1.807, 2.05) is 43.0 Å². The standard InChI is InChI=1S/C24H26N4O/c1-15(2)10-18-11-22-20(12-19(18)16(3)29)24(26-14-25-22)21-13-28(4)27-23(21)17-8-6-5-7-9-17/h5-9,11-16,29H,10H2,1-4H3/t16-/m0/s1. The van der Waals surface area contributed by atoms with Crippen LogP contribution in [0.15, 0.2) is 55.0 Å². The molecule has 2 aromatic carbocycles. The summed E-state index contributed by atoms with van der Waals surface area (Å²) in [6.07, 6.45) is 3.95. The summed E-state index contributed by atoms with van der Waals surface area (Å²) >= 11 is 0. The summed E-state index contributed by atoms with van der Waals surface area (Å²) in [6, 6.07) is 14.3. The maximum Gasteiger partial charge on any atom is 0.116 e. The van der Waals surface area contributed by atoms with Crippen molar-refractivity contribution in [2.24, 2.45) is 13.0 Å². The van der Waals surface area contributed by atoms with Crippen LogP contribution in [-0.4, -0.2) is 24.9 Å². The number of fused-ring (bicyclic) bond motifs is 1. The lowest BCUT2D eigenvalue weighted by Gasteiger charge is -2.16. The Morgan fingerprint density at radius 3 is 2.45 bits per heavy atom. The fourth-order valence-corrected chi connectivity index (χ4v) is 3.85. The average Bonchev–Trinajstić information content (AvgIpc) is 3.08. The Labute approximate surface area is 171 Å². The molecule has 0 saturated heterocycles. The molecule has 1 N–H and O–H groups in total. The van der Waals surface area contributed by atoms with Gasteiger partial charge in [0.2, 0.25) is 0 Å². The summed E-state index contributed by atoms with van der Waals surface area (Å²) in [6.45, 7) is 6.18. The van der Waals surface area contributed by atoms with E-state index in [9.17, 15) is 5.11 Å². The van der Waals surface area contributed by atoms with Gasteiger partial charge in [0.15, 0.2) is 0 Å². The number of aromatic nitrogens is 4. The van der Waals surface area contributed by atoms with Gasteiger partial charge in [-0.2, -0.15) is 5.10 Å². The van der Waals surface area contributed by atoms with Gasteiger partial charge in [-0.3, -0.25) is 4.68 Å². The summed E-state index contributed by atoms with van der Waals surface area (Å²) in [4.78, 5) is 9.15. The van der Waals surface area contributed by atoms with Crippen molar-refractivity contribution in [3.63, 3.8) is 0 Å². The third kappa shape index (κ3) is 3.78. The van der Waals surface area contributed by atoms with Crippen LogP contribution in [0.1, 0.15) is 38.0 Å². The lowest BCUT2D eigenvalue weighted by Crippen LogP contribution is -2.04. The smallest absolute Gasteiger partial charge is 0.116 e. The highest BCUT2D eigenvalue weighted by atomic mass is 16.3. The molecule has 4 rings (SSSR count). The normalized spacial score (nSPS) is 12.6. The molecule has 0 aliphatic heterocycles. The first-order valence-corrected chi connectivity index (χ1v) is 9.99. The molecule has 0 fully saturated rings. The fraction of sp³-hybridized carbons (Fsp3) is 0.292. The van der Waals surface area contributed by atoms with Crippen LogP contribution in [0.3, 0.4) is 0 Å². The van der Waals surface area contributed by atoms with Gasteiger partial charge >= 0.3 is 0 Å². The van der Waals surface area contributed by atoms with Gasteiger partial charge in [-0.15, -0.1) is 0 Å². The van der Waals surface area contributed by atoms with Gasteiger partial charge in [-0.05, 0) is 42.5 Å². The Balaban J connectivity index is 1.96. The molecule has 0 spiro atoms. The van der Waals surface area contributed by atoms with Crippen LogP contribution < -0.4 is 0 Å². The van der Waals surface area contributed by atoms with E-state index in [1.165, 1.54) is 0 Å². The van der Waals surface area contributed by atoms with Crippen molar-refractivity contribution in [1.29, 1.82) is 0 Å². The minimum atomic E-state index is -0.552. The molecule has 0 aliphatic rings. The molecule has 0 unspecified atom stereocenters. The summed E-state index contributed by atoms with van der Waals surface area (Å²) in [5.74, 6) is 0.495. The molecule has 29 heavy (non-hydrogen) atoms. The Morgan fingerprint density at radius 1 is 1.00 bits per heavy atom. The molecule has 148 valence electrons. The highest BCUT2D eigenvalue weighted by Gasteiger charge is 2.19. The number of aliphatic hydroxyl groups is 1. The zero-order valence-corrected chi connectivity index (χ0v) is 17.3. The van der Waals surface area contributed by atoms with Crippen LogP contribution >= 0.6 is 0 Å². The molecular weight excluding hydrogens is 360 g/mol. The molecular formula is C24H26N4O. The molecule has 0 amide bonds. The van der Waals surface area contributed by atoms with Crippen molar-refractivity contribution in [1.82, 2.24) is 19.7 Å². The number of benzene rings is 2. The van der Waals surface area contributed by atoms with Gasteiger partial charge in [0.1, 0.15) is 12.0 Å². The monoisotopic (exact) mass is 386 g/mol. The second kappa shape index (κ2) is 7.76. The lowest BCUT2D eigenvalue weighted by atomic mass is 9.92. The highest BCUT2D eigenvalue weighted by molar-refractivity contribution is 5.96. The molecule has 5 heteroatoms. The van der Waals surface area contributed by atoms with Crippen molar-refractivity contribution in [3.8, 4) is 22.5 Å². The average molecular weight is 386 g/mol. The third-order valence-electron chi connectivity index (χ3n) is 5.11. The van der Waals surface area contributed by atoms with E-state index in [-0.39, 0.29) is 0 Å². The Bertz CT molecular complexity index is 1150. The Morgan fingerprint density at radius 2 is 1.76 bits per heavy atom. The predicted octanol–water partition coefficient (Wildman–Crippen LogP) is 4.95. The number of aryl methyl sites for hydroxylation is 1. The van der Waals surface area contributed by atoms with Crippen LogP contribution in [0.2, 0.25) is 0 Å². The molecule has 1 atom stereocenters. The van der Waals surface area contributed by atoms with Gasteiger partial charge in [0.25, 0.3) is 0 Å². The third-order valence-corrected chi connectivity index (χ3v) is 5.11. The van der Waals surface area contributed by atoms with Crippen LogP contribution in [0, 0.1) is 5.92 Å². The predicted molar refractivity (Wildman–Crippen MR) is 116 cm³/mol. The van der Waals surface area contributed by atoms with Crippen molar-refractivity contribution in [2.75, 3.05) is 0 Å². The molecule has 2 heterocycles. The van der Waals surface area contributed by atoms with E-state index >= 15 is 0 Å². The zero-order chi connectivity index (χ0) is 20.5. The van der Waals surface area contributed by atoms with Gasteiger partial charge in [0.05, 0.1) is 17.3 Å². The van der Waals surface area contributed by atoms with Gasteiger partial charge in [0, 0.05) is 29.8 Å². The fourth-order valence-electron chi connectivity index (χ4n) is 3.85. The first-order valence-electron chi connectivity index (χ1n) is 9.99. The summed E-state index contributed by atoms with van der Waals surface area (Å²) < 4.78 is 1.81. The topological polar surface area (TPSA) is 63.8 Å². The molecule has 0 aliphatic carbocycles. The van der Waals surface area contributed by atoms with E-state index in [4.69, 9.17) is 0 Å². The van der Waals surface area contributed by atoms with E-state index < -0.39 is 6.10 Å². The van der Waals surface area contributed by atoms with Crippen LogP contribution in [0.5, 0.6) is 0 Å². The van der Waals surface area contributed by atoms with E-state index in [2.05, 4.69) is 53.2 Å². The molecule has 0 bridgehead atoms. The number of rotatable bonds is 5. The van der Waals surface area contributed by atoms with Crippen LogP contribution in [-0.2, 0) is 13.5 Å². The molecule has 2 aromatic heterocycles. The molecule has 0 saturated carbocycles. The van der Waals surface area contributed by atoms with Crippen LogP contribution in [0.25, 0.3) is 33.4 Å². The molecule has 5 nitrogen and oxygen atoms in total. The van der Waals surface area contributed by atoms with Crippen molar-refractivity contribution >= 4 is 10.9 Å². The molecule has 0 radical (unpaired) electrons. The number of nitrogens with zero attached hydrogens (tertiary/aromatic N) is 4. The quantitative estimate of drug-likeness (QED) is 0.527. The zero-order valence-electron chi connectivity index (χ0n) is 17.3. The summed E-state index contributed by atoms with van der Waals surface area (Å²) in [5.41, 5.74) is 6.69. The lowest BCUT2D eigenvalue weighted by molar-refractivity contribution is 0.198.